The van der Waals surface area contributed by atoms with Crippen molar-refractivity contribution < 1.29 is 5.11 Å². The number of aliphatic hydroxyl groups is 1. The zero-order chi connectivity index (χ0) is 14.0. The number of aliphatic hydroxyl groups excluding tert-OH is 1. The van der Waals surface area contributed by atoms with Crippen molar-refractivity contribution in [3.8, 4) is 11.3 Å². The van der Waals surface area contributed by atoms with E-state index in [0.29, 0.717) is 0 Å². The van der Waals surface area contributed by atoms with Gasteiger partial charge >= 0.3 is 0 Å². The molecule has 0 amide bonds. The van der Waals surface area contributed by atoms with Gasteiger partial charge in [0.05, 0.1) is 23.5 Å². The molecule has 0 aliphatic heterocycles. The van der Waals surface area contributed by atoms with Crippen LogP contribution in [0.25, 0.3) is 11.3 Å². The van der Waals surface area contributed by atoms with Crippen molar-refractivity contribution in [3.63, 3.8) is 0 Å². The topological polar surface area (TPSA) is 63.8 Å². The van der Waals surface area contributed by atoms with E-state index in [1.54, 1.807) is 10.9 Å². The van der Waals surface area contributed by atoms with Gasteiger partial charge in [-0.05, 0) is 33.1 Å². The van der Waals surface area contributed by atoms with Gasteiger partial charge in [0.1, 0.15) is 0 Å². The molecular formula is C13H18N4OS. The Bertz CT molecular complexity index is 580. The Morgan fingerprint density at radius 3 is 2.79 bits per heavy atom. The molecule has 19 heavy (non-hydrogen) atoms. The fourth-order valence-corrected chi connectivity index (χ4v) is 2.04. The highest BCUT2D eigenvalue weighted by Crippen LogP contribution is 2.25. The quantitative estimate of drug-likeness (QED) is 0.685. The Balaban J connectivity index is 2.45. The minimum atomic E-state index is -0.418. The maximum Gasteiger partial charge on any atom is 0.187 e. The van der Waals surface area contributed by atoms with Crippen LogP contribution in [0.1, 0.15) is 19.5 Å². The van der Waals surface area contributed by atoms with Gasteiger partial charge in [0.2, 0.25) is 0 Å². The summed E-state index contributed by atoms with van der Waals surface area (Å²) in [4.78, 5) is 8.65. The number of rotatable bonds is 4. The lowest BCUT2D eigenvalue weighted by Crippen LogP contribution is -2.30. The molecule has 2 aromatic heterocycles. The number of nitrogens with zero attached hydrogens (tertiary/aromatic N) is 4. The highest BCUT2D eigenvalue weighted by molar-refractivity contribution is 7.98. The summed E-state index contributed by atoms with van der Waals surface area (Å²) >= 11 is 1.51. The van der Waals surface area contributed by atoms with Crippen LogP contribution in [0.2, 0.25) is 0 Å². The molecule has 0 spiro atoms. The maximum atomic E-state index is 9.41. The number of aromatic nitrogens is 4. The molecular weight excluding hydrogens is 260 g/mol. The van der Waals surface area contributed by atoms with Crippen molar-refractivity contribution in [2.75, 3.05) is 12.9 Å². The van der Waals surface area contributed by atoms with Crippen molar-refractivity contribution in [1.29, 1.82) is 0 Å². The summed E-state index contributed by atoms with van der Waals surface area (Å²) in [5.74, 6) is 0. The average molecular weight is 278 g/mol. The van der Waals surface area contributed by atoms with Crippen LogP contribution < -0.4 is 0 Å². The molecule has 5 nitrogen and oxygen atoms in total. The Hall–Kier alpha value is -1.40. The first-order valence-electron chi connectivity index (χ1n) is 6.03. The molecule has 0 radical (unpaired) electrons. The van der Waals surface area contributed by atoms with E-state index >= 15 is 0 Å². The van der Waals surface area contributed by atoms with Gasteiger partial charge in [-0.3, -0.25) is 4.68 Å². The van der Waals surface area contributed by atoms with Gasteiger partial charge in [0, 0.05) is 18.0 Å². The van der Waals surface area contributed by atoms with E-state index < -0.39 is 5.54 Å². The van der Waals surface area contributed by atoms with Crippen LogP contribution >= 0.6 is 11.8 Å². The minimum Gasteiger partial charge on any atom is -0.394 e. The Morgan fingerprint density at radius 1 is 1.42 bits per heavy atom. The van der Waals surface area contributed by atoms with Gasteiger partial charge in [-0.1, -0.05) is 11.8 Å². The van der Waals surface area contributed by atoms with E-state index in [1.165, 1.54) is 11.8 Å². The first-order chi connectivity index (χ1) is 8.97. The number of thioether (sulfide) groups is 1. The largest absolute Gasteiger partial charge is 0.394 e. The third-order valence-electron chi connectivity index (χ3n) is 3.00. The molecule has 0 fully saturated rings. The number of aryl methyl sites for hydroxylation is 1. The van der Waals surface area contributed by atoms with Crippen LogP contribution in [-0.2, 0) is 5.54 Å². The van der Waals surface area contributed by atoms with Crippen LogP contribution in [-0.4, -0.2) is 37.7 Å². The van der Waals surface area contributed by atoms with Crippen molar-refractivity contribution in [1.82, 2.24) is 19.7 Å². The summed E-state index contributed by atoms with van der Waals surface area (Å²) < 4.78 is 1.79. The second kappa shape index (κ2) is 5.30. The molecule has 0 atom stereocenters. The van der Waals surface area contributed by atoms with Gasteiger partial charge < -0.3 is 5.11 Å². The van der Waals surface area contributed by atoms with Crippen molar-refractivity contribution in [2.45, 2.75) is 31.5 Å². The average Bonchev–Trinajstić information content (AvgIpc) is 2.81. The number of hydrogen-bond donors (Lipinski definition) is 1. The van der Waals surface area contributed by atoms with Crippen LogP contribution in [0.3, 0.4) is 0 Å². The summed E-state index contributed by atoms with van der Waals surface area (Å²) in [6.07, 6.45) is 5.63. The monoisotopic (exact) mass is 278 g/mol. The highest BCUT2D eigenvalue weighted by Gasteiger charge is 2.22. The predicted molar refractivity (Wildman–Crippen MR) is 76.2 cm³/mol. The second-order valence-corrected chi connectivity index (χ2v) is 5.75. The van der Waals surface area contributed by atoms with Crippen molar-refractivity contribution in [2.24, 2.45) is 0 Å². The first kappa shape index (κ1) is 14.0. The molecule has 2 rings (SSSR count). The minimum absolute atomic E-state index is 0.0351. The molecule has 2 aromatic rings. The molecule has 102 valence electrons. The van der Waals surface area contributed by atoms with Crippen LogP contribution in [0, 0.1) is 6.92 Å². The van der Waals surface area contributed by atoms with E-state index in [0.717, 1.165) is 22.1 Å². The molecule has 0 saturated carbocycles. The summed E-state index contributed by atoms with van der Waals surface area (Å²) in [7, 11) is 0. The molecule has 0 bridgehead atoms. The molecule has 2 heterocycles. The van der Waals surface area contributed by atoms with E-state index in [1.807, 2.05) is 39.3 Å². The standard InChI is InChI=1S/C13H18N4OS/c1-9-10(7-17(16-9)13(2,3)8-18)11-5-6-14-12(15-11)19-4/h5-7,18H,8H2,1-4H3. The Kier molecular flexibility index (Phi) is 3.91. The highest BCUT2D eigenvalue weighted by atomic mass is 32.2. The lowest BCUT2D eigenvalue weighted by atomic mass is 10.1. The first-order valence-corrected chi connectivity index (χ1v) is 7.25. The zero-order valence-electron chi connectivity index (χ0n) is 11.6. The van der Waals surface area contributed by atoms with Gasteiger partial charge in [0.15, 0.2) is 5.16 Å². The lowest BCUT2D eigenvalue weighted by Gasteiger charge is -2.22. The fraction of sp³-hybridized carbons (Fsp3) is 0.462. The Labute approximate surface area is 117 Å². The van der Waals surface area contributed by atoms with Gasteiger partial charge in [-0.2, -0.15) is 5.10 Å². The Morgan fingerprint density at radius 2 is 2.16 bits per heavy atom. The normalized spacial score (nSPS) is 11.8. The maximum absolute atomic E-state index is 9.41. The molecule has 6 heteroatoms. The molecule has 0 unspecified atom stereocenters. The van der Waals surface area contributed by atoms with E-state index in [4.69, 9.17) is 0 Å². The lowest BCUT2D eigenvalue weighted by molar-refractivity contribution is 0.152. The smallest absolute Gasteiger partial charge is 0.187 e. The van der Waals surface area contributed by atoms with Crippen molar-refractivity contribution in [3.05, 3.63) is 24.2 Å². The summed E-state index contributed by atoms with van der Waals surface area (Å²) in [5.41, 5.74) is 2.31. The van der Waals surface area contributed by atoms with Gasteiger partial charge in [-0.15, -0.1) is 0 Å². The van der Waals surface area contributed by atoms with Crippen LogP contribution in [0.15, 0.2) is 23.6 Å². The SMILES string of the molecule is CSc1nccc(-c2cn(C(C)(C)CO)nc2C)n1. The van der Waals surface area contributed by atoms with Crippen LogP contribution in [0.5, 0.6) is 0 Å². The van der Waals surface area contributed by atoms with E-state index in [9.17, 15) is 5.11 Å². The van der Waals surface area contributed by atoms with E-state index in [2.05, 4.69) is 15.1 Å². The second-order valence-electron chi connectivity index (χ2n) is 4.97. The summed E-state index contributed by atoms with van der Waals surface area (Å²) in [6, 6.07) is 1.88. The molecule has 0 aliphatic carbocycles. The summed E-state index contributed by atoms with van der Waals surface area (Å²) in [6.45, 7) is 5.86. The van der Waals surface area contributed by atoms with Crippen LogP contribution in [0.4, 0.5) is 0 Å². The predicted octanol–water partition coefficient (Wildman–Crippen LogP) is 2.10. The molecule has 1 N–H and O–H groups in total. The summed E-state index contributed by atoms with van der Waals surface area (Å²) in [5, 5.41) is 14.6. The van der Waals surface area contributed by atoms with Gasteiger partial charge in [0.25, 0.3) is 0 Å². The molecule has 0 aromatic carbocycles. The third kappa shape index (κ3) is 2.79. The van der Waals surface area contributed by atoms with E-state index in [-0.39, 0.29) is 6.61 Å². The van der Waals surface area contributed by atoms with Gasteiger partial charge in [-0.25, -0.2) is 9.97 Å². The zero-order valence-corrected chi connectivity index (χ0v) is 12.4. The van der Waals surface area contributed by atoms with Crippen molar-refractivity contribution >= 4 is 11.8 Å². The fourth-order valence-electron chi connectivity index (χ4n) is 1.68. The molecule has 0 saturated heterocycles. The molecule has 0 aliphatic rings. The third-order valence-corrected chi connectivity index (χ3v) is 3.56. The number of hydrogen-bond acceptors (Lipinski definition) is 5.